The maximum Gasteiger partial charge on any atom is 0.308 e. The van der Waals surface area contributed by atoms with Gasteiger partial charge in [-0.25, -0.2) is 0 Å². The van der Waals surface area contributed by atoms with E-state index >= 15 is 0 Å². The van der Waals surface area contributed by atoms with Gasteiger partial charge in [-0.2, -0.15) is 0 Å². The third-order valence-corrected chi connectivity index (χ3v) is 2.19. The molecule has 4 nitrogen and oxygen atoms in total. The molecule has 12 heavy (non-hydrogen) atoms. The fraction of sp³-hybridized carbons (Fsp3) is 0.750. The Labute approximate surface area is 71.2 Å². The molecule has 1 N–H and O–H groups in total. The summed E-state index contributed by atoms with van der Waals surface area (Å²) in [7, 11) is 0. The van der Waals surface area contributed by atoms with Crippen molar-refractivity contribution in [3.8, 4) is 0 Å². The van der Waals surface area contributed by atoms with Crippen molar-refractivity contribution in [2.24, 2.45) is 5.92 Å². The molecule has 1 heterocycles. The van der Waals surface area contributed by atoms with E-state index < -0.39 is 5.97 Å². The van der Waals surface area contributed by atoms with Crippen LogP contribution in [-0.4, -0.2) is 35.0 Å². The Bertz CT molecular complexity index is 202. The zero-order chi connectivity index (χ0) is 9.14. The predicted octanol–water partition coefficient (Wildman–Crippen LogP) is 0.329. The predicted molar refractivity (Wildman–Crippen MR) is 42.6 cm³/mol. The van der Waals surface area contributed by atoms with E-state index in [1.54, 1.807) is 11.8 Å². The molecular formula is C8H13NO3. The van der Waals surface area contributed by atoms with E-state index in [4.69, 9.17) is 5.11 Å². The van der Waals surface area contributed by atoms with Gasteiger partial charge in [-0.15, -0.1) is 0 Å². The van der Waals surface area contributed by atoms with Gasteiger partial charge in [-0.3, -0.25) is 9.59 Å². The van der Waals surface area contributed by atoms with Gasteiger partial charge < -0.3 is 10.0 Å². The van der Waals surface area contributed by atoms with Crippen LogP contribution in [0.3, 0.4) is 0 Å². The van der Waals surface area contributed by atoms with Gasteiger partial charge >= 0.3 is 5.97 Å². The lowest BCUT2D eigenvalue weighted by molar-refractivity contribution is -0.141. The number of amides is 1. The highest BCUT2D eigenvalue weighted by atomic mass is 16.4. The van der Waals surface area contributed by atoms with Crippen molar-refractivity contribution >= 4 is 11.9 Å². The summed E-state index contributed by atoms with van der Waals surface area (Å²) in [6.45, 7) is 2.78. The Morgan fingerprint density at radius 1 is 1.58 bits per heavy atom. The zero-order valence-electron chi connectivity index (χ0n) is 7.12. The number of hydrogen-bond acceptors (Lipinski definition) is 2. The molecule has 0 aromatic rings. The Morgan fingerprint density at radius 3 is 2.67 bits per heavy atom. The van der Waals surface area contributed by atoms with Crippen molar-refractivity contribution in [2.75, 3.05) is 13.1 Å². The number of nitrogens with zero attached hydrogens (tertiary/aromatic N) is 1. The molecule has 0 aromatic heterocycles. The first-order valence-corrected chi connectivity index (χ1v) is 4.15. The summed E-state index contributed by atoms with van der Waals surface area (Å²) in [6, 6.07) is 0. The maximum absolute atomic E-state index is 11.1. The van der Waals surface area contributed by atoms with Crippen LogP contribution in [0.4, 0.5) is 0 Å². The van der Waals surface area contributed by atoms with Gasteiger partial charge in [0.15, 0.2) is 0 Å². The minimum atomic E-state index is -0.790. The average Bonchev–Trinajstić information content (AvgIpc) is 2.51. The van der Waals surface area contributed by atoms with Gasteiger partial charge in [0.25, 0.3) is 0 Å². The van der Waals surface area contributed by atoms with Gasteiger partial charge in [0.05, 0.1) is 5.92 Å². The summed E-state index contributed by atoms with van der Waals surface area (Å²) in [5, 5.41) is 8.65. The largest absolute Gasteiger partial charge is 0.481 e. The van der Waals surface area contributed by atoms with Crippen LogP contribution < -0.4 is 0 Å². The molecule has 1 aliphatic heterocycles. The molecule has 0 aliphatic carbocycles. The van der Waals surface area contributed by atoms with E-state index in [1.165, 1.54) is 0 Å². The zero-order valence-corrected chi connectivity index (χ0v) is 7.12. The monoisotopic (exact) mass is 171 g/mol. The van der Waals surface area contributed by atoms with Crippen LogP contribution >= 0.6 is 0 Å². The molecule has 0 aromatic carbocycles. The second-order valence-electron chi connectivity index (χ2n) is 3.02. The normalized spacial score (nSPS) is 22.8. The Hall–Kier alpha value is -1.06. The van der Waals surface area contributed by atoms with Crippen molar-refractivity contribution in [3.63, 3.8) is 0 Å². The second-order valence-corrected chi connectivity index (χ2v) is 3.02. The van der Waals surface area contributed by atoms with Gasteiger partial charge in [-0.1, -0.05) is 6.92 Å². The van der Waals surface area contributed by atoms with Crippen LogP contribution in [0.2, 0.25) is 0 Å². The van der Waals surface area contributed by atoms with E-state index in [9.17, 15) is 9.59 Å². The first-order chi connectivity index (χ1) is 5.65. The molecule has 1 atom stereocenters. The van der Waals surface area contributed by atoms with E-state index in [-0.39, 0.29) is 11.8 Å². The highest BCUT2D eigenvalue weighted by Gasteiger charge is 2.29. The molecule has 0 spiro atoms. The quantitative estimate of drug-likeness (QED) is 0.651. The summed E-state index contributed by atoms with van der Waals surface area (Å²) in [4.78, 5) is 23.3. The first kappa shape index (κ1) is 9.03. The molecule has 4 heteroatoms. The van der Waals surface area contributed by atoms with Crippen LogP contribution in [0.25, 0.3) is 0 Å². The second kappa shape index (κ2) is 3.56. The summed E-state index contributed by atoms with van der Waals surface area (Å²) >= 11 is 0. The van der Waals surface area contributed by atoms with Crippen LogP contribution in [0.1, 0.15) is 19.8 Å². The third kappa shape index (κ3) is 1.75. The highest BCUT2D eigenvalue weighted by Crippen LogP contribution is 2.16. The molecule has 68 valence electrons. The van der Waals surface area contributed by atoms with Gasteiger partial charge in [-0.05, 0) is 6.42 Å². The van der Waals surface area contributed by atoms with Crippen molar-refractivity contribution in [1.82, 2.24) is 4.90 Å². The fourth-order valence-electron chi connectivity index (χ4n) is 1.41. The molecule has 1 rings (SSSR count). The van der Waals surface area contributed by atoms with Crippen molar-refractivity contribution in [3.05, 3.63) is 0 Å². The van der Waals surface area contributed by atoms with E-state index in [0.717, 1.165) is 0 Å². The number of carboxylic acids is 1. The summed E-state index contributed by atoms with van der Waals surface area (Å²) in [6.07, 6.45) is 1.06. The van der Waals surface area contributed by atoms with Crippen LogP contribution in [0, 0.1) is 5.92 Å². The van der Waals surface area contributed by atoms with Crippen LogP contribution in [-0.2, 0) is 9.59 Å². The van der Waals surface area contributed by atoms with E-state index in [1.807, 2.05) is 0 Å². The fourth-order valence-corrected chi connectivity index (χ4v) is 1.41. The van der Waals surface area contributed by atoms with Gasteiger partial charge in [0, 0.05) is 19.5 Å². The summed E-state index contributed by atoms with van der Waals surface area (Å²) in [5.74, 6) is -1.08. The lowest BCUT2D eigenvalue weighted by Crippen LogP contribution is -2.29. The molecule has 1 aliphatic rings. The Kier molecular flexibility index (Phi) is 2.68. The highest BCUT2D eigenvalue weighted by molar-refractivity contribution is 5.78. The maximum atomic E-state index is 11.1. The number of aliphatic carboxylic acids is 1. The molecule has 0 bridgehead atoms. The Morgan fingerprint density at radius 2 is 2.25 bits per heavy atom. The molecule has 1 amide bonds. The minimum Gasteiger partial charge on any atom is -0.481 e. The van der Waals surface area contributed by atoms with Crippen molar-refractivity contribution in [1.29, 1.82) is 0 Å². The molecule has 0 saturated carbocycles. The minimum absolute atomic E-state index is 0.0544. The Balaban J connectivity index is 2.45. The lowest BCUT2D eigenvalue weighted by atomic mass is 10.1. The van der Waals surface area contributed by atoms with Gasteiger partial charge in [0.1, 0.15) is 0 Å². The molecule has 0 radical (unpaired) electrons. The number of carbonyl (C=O) groups is 2. The number of rotatable bonds is 2. The molecule has 0 unspecified atom stereocenters. The smallest absolute Gasteiger partial charge is 0.308 e. The van der Waals surface area contributed by atoms with Crippen LogP contribution in [0.5, 0.6) is 0 Å². The lowest BCUT2D eigenvalue weighted by Gasteiger charge is -2.13. The standard InChI is InChI=1S/C8H13NO3/c1-2-7(10)9-4-3-6(5-9)8(11)12/h6H,2-5H2,1H3,(H,11,12)/t6-/m1/s1. The average molecular weight is 171 g/mol. The SMILES string of the molecule is CCC(=O)N1CC[C@@H](C(=O)O)C1. The van der Waals surface area contributed by atoms with Crippen molar-refractivity contribution in [2.45, 2.75) is 19.8 Å². The van der Waals surface area contributed by atoms with E-state index in [0.29, 0.717) is 25.9 Å². The molecule has 1 saturated heterocycles. The van der Waals surface area contributed by atoms with Crippen LogP contribution in [0.15, 0.2) is 0 Å². The topological polar surface area (TPSA) is 57.6 Å². The van der Waals surface area contributed by atoms with E-state index in [2.05, 4.69) is 0 Å². The molecular weight excluding hydrogens is 158 g/mol. The third-order valence-electron chi connectivity index (χ3n) is 2.19. The van der Waals surface area contributed by atoms with Gasteiger partial charge in [0.2, 0.25) is 5.91 Å². The number of carbonyl (C=O) groups excluding carboxylic acids is 1. The molecule has 1 fully saturated rings. The first-order valence-electron chi connectivity index (χ1n) is 4.15. The number of likely N-dealkylation sites (tertiary alicyclic amines) is 1. The van der Waals surface area contributed by atoms with Crippen molar-refractivity contribution < 1.29 is 14.7 Å². The summed E-state index contributed by atoms with van der Waals surface area (Å²) < 4.78 is 0. The number of carboxylic acid groups (broad SMARTS) is 1. The number of hydrogen-bond donors (Lipinski definition) is 1. The summed E-state index contributed by atoms with van der Waals surface area (Å²) in [5.41, 5.74) is 0.